The van der Waals surface area contributed by atoms with Crippen LogP contribution < -0.4 is 5.73 Å². The predicted molar refractivity (Wildman–Crippen MR) is 84.1 cm³/mol. The number of hydrogen-bond donors (Lipinski definition) is 1. The lowest BCUT2D eigenvalue weighted by Crippen LogP contribution is -2.40. The van der Waals surface area contributed by atoms with Gasteiger partial charge < -0.3 is 15.4 Å². The minimum Gasteiger partial charge on any atom is -0.381 e. The van der Waals surface area contributed by atoms with Crippen molar-refractivity contribution in [2.75, 3.05) is 26.8 Å². The van der Waals surface area contributed by atoms with E-state index in [0.717, 1.165) is 32.6 Å². The second kappa shape index (κ2) is 6.70. The van der Waals surface area contributed by atoms with E-state index < -0.39 is 0 Å². The summed E-state index contributed by atoms with van der Waals surface area (Å²) in [5.41, 5.74) is 11.7. The Morgan fingerprint density at radius 1 is 1.20 bits per heavy atom. The summed E-state index contributed by atoms with van der Waals surface area (Å²) in [6.07, 6.45) is 2.24. The number of ether oxygens (including phenoxy) is 1. The van der Waals surface area contributed by atoms with Crippen LogP contribution in [-0.4, -0.2) is 37.7 Å². The Morgan fingerprint density at radius 2 is 1.75 bits per heavy atom. The van der Waals surface area contributed by atoms with Gasteiger partial charge in [-0.1, -0.05) is 17.7 Å². The van der Waals surface area contributed by atoms with Crippen molar-refractivity contribution in [3.05, 3.63) is 34.4 Å². The minimum absolute atomic E-state index is 0.0865. The summed E-state index contributed by atoms with van der Waals surface area (Å²) in [6.45, 7) is 9.16. The summed E-state index contributed by atoms with van der Waals surface area (Å²) in [5, 5.41) is 0. The Kier molecular flexibility index (Phi) is 5.19. The molecule has 1 aliphatic heterocycles. The highest BCUT2D eigenvalue weighted by Gasteiger charge is 2.21. The van der Waals surface area contributed by atoms with E-state index in [2.05, 4.69) is 44.9 Å². The molecule has 1 aliphatic rings. The first kappa shape index (κ1) is 15.5. The van der Waals surface area contributed by atoms with Crippen LogP contribution in [0.15, 0.2) is 12.1 Å². The van der Waals surface area contributed by atoms with E-state index in [9.17, 15) is 0 Å². The SMILES string of the molecule is Cc1cc(C)c(C(N)CN(C)C2CCOCC2)c(C)c1. The van der Waals surface area contributed by atoms with Gasteiger partial charge in [-0.2, -0.15) is 0 Å². The lowest BCUT2D eigenvalue weighted by molar-refractivity contribution is 0.0413. The molecule has 0 aromatic heterocycles. The highest BCUT2D eigenvalue weighted by Crippen LogP contribution is 2.24. The van der Waals surface area contributed by atoms with Gasteiger partial charge in [0, 0.05) is 31.8 Å². The molecule has 0 saturated carbocycles. The average Bonchev–Trinajstić information content (AvgIpc) is 2.38. The van der Waals surface area contributed by atoms with Crippen LogP contribution in [0.1, 0.15) is 41.1 Å². The summed E-state index contributed by atoms with van der Waals surface area (Å²) in [4.78, 5) is 2.41. The normalized spacial score (nSPS) is 18.5. The Balaban J connectivity index is 2.06. The molecule has 1 atom stereocenters. The Labute approximate surface area is 123 Å². The molecule has 20 heavy (non-hydrogen) atoms. The van der Waals surface area contributed by atoms with Crippen molar-refractivity contribution in [2.45, 2.75) is 45.7 Å². The van der Waals surface area contributed by atoms with Gasteiger partial charge in [0.05, 0.1) is 0 Å². The largest absolute Gasteiger partial charge is 0.381 e. The standard InChI is InChI=1S/C17H28N2O/c1-12-9-13(2)17(14(3)10-12)16(18)11-19(4)15-5-7-20-8-6-15/h9-10,15-16H,5-8,11,18H2,1-4H3. The van der Waals surface area contributed by atoms with Crippen molar-refractivity contribution in [3.63, 3.8) is 0 Å². The number of nitrogens with zero attached hydrogens (tertiary/aromatic N) is 1. The second-order valence-electron chi connectivity index (χ2n) is 6.20. The molecule has 0 bridgehead atoms. The fourth-order valence-corrected chi connectivity index (χ4v) is 3.45. The van der Waals surface area contributed by atoms with Gasteiger partial charge in [0.1, 0.15) is 0 Å². The van der Waals surface area contributed by atoms with Gasteiger partial charge in [0.15, 0.2) is 0 Å². The first-order chi connectivity index (χ1) is 9.49. The molecule has 3 heteroatoms. The zero-order chi connectivity index (χ0) is 14.7. The topological polar surface area (TPSA) is 38.5 Å². The van der Waals surface area contributed by atoms with E-state index >= 15 is 0 Å². The molecule has 1 unspecified atom stereocenters. The maximum atomic E-state index is 6.48. The monoisotopic (exact) mass is 276 g/mol. The van der Waals surface area contributed by atoms with Gasteiger partial charge >= 0.3 is 0 Å². The molecule has 0 amide bonds. The number of benzene rings is 1. The predicted octanol–water partition coefficient (Wildman–Crippen LogP) is 2.72. The summed E-state index contributed by atoms with van der Waals surface area (Å²) >= 11 is 0. The van der Waals surface area contributed by atoms with E-state index in [0.29, 0.717) is 6.04 Å². The van der Waals surface area contributed by atoms with Crippen molar-refractivity contribution in [1.29, 1.82) is 0 Å². The molecule has 3 nitrogen and oxygen atoms in total. The van der Waals surface area contributed by atoms with Crippen LogP contribution in [0.5, 0.6) is 0 Å². The van der Waals surface area contributed by atoms with E-state index in [4.69, 9.17) is 10.5 Å². The molecule has 0 spiro atoms. The van der Waals surface area contributed by atoms with Gasteiger partial charge in [0.25, 0.3) is 0 Å². The van der Waals surface area contributed by atoms with Crippen LogP contribution >= 0.6 is 0 Å². The molecule has 0 aliphatic carbocycles. The lowest BCUT2D eigenvalue weighted by Gasteiger charge is -2.33. The van der Waals surface area contributed by atoms with Gasteiger partial charge in [0.2, 0.25) is 0 Å². The lowest BCUT2D eigenvalue weighted by atomic mass is 9.93. The Hall–Kier alpha value is -0.900. The van der Waals surface area contributed by atoms with E-state index in [1.165, 1.54) is 22.3 Å². The van der Waals surface area contributed by atoms with Crippen LogP contribution in [0.25, 0.3) is 0 Å². The van der Waals surface area contributed by atoms with Gasteiger partial charge in [-0.3, -0.25) is 0 Å². The summed E-state index contributed by atoms with van der Waals surface area (Å²) in [5.74, 6) is 0. The summed E-state index contributed by atoms with van der Waals surface area (Å²) in [6, 6.07) is 5.16. The van der Waals surface area contributed by atoms with Crippen LogP contribution in [0.2, 0.25) is 0 Å². The number of hydrogen-bond acceptors (Lipinski definition) is 3. The fourth-order valence-electron chi connectivity index (χ4n) is 3.45. The Morgan fingerprint density at radius 3 is 2.30 bits per heavy atom. The molecule has 1 aromatic rings. The maximum Gasteiger partial charge on any atom is 0.0480 e. The molecule has 1 heterocycles. The smallest absolute Gasteiger partial charge is 0.0480 e. The molecule has 1 aromatic carbocycles. The number of rotatable bonds is 4. The fraction of sp³-hybridized carbons (Fsp3) is 0.647. The maximum absolute atomic E-state index is 6.48. The van der Waals surface area contributed by atoms with Crippen LogP contribution in [-0.2, 0) is 4.74 Å². The first-order valence-corrected chi connectivity index (χ1v) is 7.60. The van der Waals surface area contributed by atoms with Crippen LogP contribution in [0, 0.1) is 20.8 Å². The molecule has 2 N–H and O–H groups in total. The van der Waals surface area contributed by atoms with Crippen LogP contribution in [0.4, 0.5) is 0 Å². The minimum atomic E-state index is 0.0865. The third-order valence-corrected chi connectivity index (χ3v) is 4.41. The quantitative estimate of drug-likeness (QED) is 0.919. The molecule has 0 radical (unpaired) electrons. The van der Waals surface area contributed by atoms with Crippen molar-refractivity contribution in [1.82, 2.24) is 4.90 Å². The third-order valence-electron chi connectivity index (χ3n) is 4.41. The molecular weight excluding hydrogens is 248 g/mol. The van der Waals surface area contributed by atoms with Crippen molar-refractivity contribution >= 4 is 0 Å². The van der Waals surface area contributed by atoms with E-state index in [1.54, 1.807) is 0 Å². The highest BCUT2D eigenvalue weighted by molar-refractivity contribution is 5.39. The van der Waals surface area contributed by atoms with Crippen molar-refractivity contribution in [3.8, 4) is 0 Å². The zero-order valence-corrected chi connectivity index (χ0v) is 13.3. The Bertz CT molecular complexity index is 429. The summed E-state index contributed by atoms with van der Waals surface area (Å²) in [7, 11) is 2.19. The first-order valence-electron chi connectivity index (χ1n) is 7.60. The van der Waals surface area contributed by atoms with Gasteiger partial charge in [-0.05, 0) is 57.4 Å². The van der Waals surface area contributed by atoms with Crippen LogP contribution in [0.3, 0.4) is 0 Å². The van der Waals surface area contributed by atoms with Crippen molar-refractivity contribution < 1.29 is 4.74 Å². The van der Waals surface area contributed by atoms with E-state index in [1.807, 2.05) is 0 Å². The third kappa shape index (κ3) is 3.60. The molecule has 1 saturated heterocycles. The average molecular weight is 276 g/mol. The molecule has 1 fully saturated rings. The summed E-state index contributed by atoms with van der Waals surface area (Å²) < 4.78 is 5.43. The van der Waals surface area contributed by atoms with Gasteiger partial charge in [-0.25, -0.2) is 0 Å². The number of likely N-dealkylation sites (N-methyl/N-ethyl adjacent to an activating group) is 1. The number of aryl methyl sites for hydroxylation is 3. The van der Waals surface area contributed by atoms with Crippen molar-refractivity contribution in [2.24, 2.45) is 5.73 Å². The van der Waals surface area contributed by atoms with E-state index in [-0.39, 0.29) is 6.04 Å². The second-order valence-corrected chi connectivity index (χ2v) is 6.20. The molecule has 2 rings (SSSR count). The molecular formula is C17H28N2O. The number of nitrogens with two attached hydrogens (primary N) is 1. The highest BCUT2D eigenvalue weighted by atomic mass is 16.5. The zero-order valence-electron chi connectivity index (χ0n) is 13.3. The molecule has 112 valence electrons. The van der Waals surface area contributed by atoms with Gasteiger partial charge in [-0.15, -0.1) is 0 Å².